The van der Waals surface area contributed by atoms with Gasteiger partial charge in [0, 0.05) is 5.70 Å². The number of carbonyl (C=O) groups excluding carboxylic acids is 2. The number of hydrogen-bond donors (Lipinski definition) is 4. The summed E-state index contributed by atoms with van der Waals surface area (Å²) in [6.07, 6.45) is 0.401. The Morgan fingerprint density at radius 1 is 1.11 bits per heavy atom. The lowest BCUT2D eigenvalue weighted by atomic mass is 9.95. The van der Waals surface area contributed by atoms with Gasteiger partial charge in [0.1, 0.15) is 24.8 Å². The van der Waals surface area contributed by atoms with Gasteiger partial charge in [0.05, 0.1) is 35.1 Å². The first kappa shape index (κ1) is 32.5. The summed E-state index contributed by atoms with van der Waals surface area (Å²) in [6, 6.07) is 15.5. The van der Waals surface area contributed by atoms with Gasteiger partial charge in [-0.25, -0.2) is 14.0 Å². The minimum absolute atomic E-state index is 0.155. The predicted octanol–water partition coefficient (Wildman–Crippen LogP) is 4.53. The van der Waals surface area contributed by atoms with Crippen molar-refractivity contribution >= 4 is 40.8 Å². The first-order chi connectivity index (χ1) is 21.2. The van der Waals surface area contributed by atoms with E-state index in [0.717, 1.165) is 14.7 Å². The third-order valence-corrected chi connectivity index (χ3v) is 7.19. The Morgan fingerprint density at radius 3 is 2.64 bits per heavy atom. The number of aliphatic hydroxyl groups is 1. The summed E-state index contributed by atoms with van der Waals surface area (Å²) in [4.78, 5) is 24.6. The van der Waals surface area contributed by atoms with E-state index in [0.29, 0.717) is 35.1 Å². The highest BCUT2D eigenvalue weighted by molar-refractivity contribution is 14.1. The maximum absolute atomic E-state index is 13.4. The molecule has 13 heteroatoms. The van der Waals surface area contributed by atoms with Crippen LogP contribution in [0.4, 0.5) is 9.18 Å². The molecule has 11 nitrogen and oxygen atoms in total. The number of urea groups is 1. The SMILES string of the molecule is CCOc1cc([C@H]2NC(=O)NC(C)=C2C(=O)OC)ccc1OC[C@H](O)N/N=C\c1ccc(OCc2cccc(F)c2)c(I)c1. The van der Waals surface area contributed by atoms with Gasteiger partial charge in [0.15, 0.2) is 17.7 Å². The van der Waals surface area contributed by atoms with Crippen LogP contribution in [0.1, 0.15) is 36.6 Å². The van der Waals surface area contributed by atoms with Crippen molar-refractivity contribution in [2.75, 3.05) is 20.3 Å². The number of esters is 1. The molecule has 1 aliphatic heterocycles. The molecule has 0 saturated heterocycles. The molecule has 4 rings (SSSR count). The molecule has 4 N–H and O–H groups in total. The van der Waals surface area contributed by atoms with Crippen molar-refractivity contribution in [2.24, 2.45) is 5.10 Å². The normalized spacial score (nSPS) is 15.3. The molecule has 3 aromatic rings. The van der Waals surface area contributed by atoms with Crippen molar-refractivity contribution in [1.29, 1.82) is 0 Å². The fraction of sp³-hybridized carbons (Fsp3) is 0.258. The van der Waals surface area contributed by atoms with Crippen LogP contribution in [0.2, 0.25) is 0 Å². The van der Waals surface area contributed by atoms with Gasteiger partial charge in [-0.1, -0.05) is 18.2 Å². The molecule has 0 unspecified atom stereocenters. The topological polar surface area (TPSA) is 140 Å². The molecule has 1 aliphatic rings. The van der Waals surface area contributed by atoms with E-state index < -0.39 is 24.3 Å². The van der Waals surface area contributed by atoms with Crippen LogP contribution in [0, 0.1) is 9.39 Å². The summed E-state index contributed by atoms with van der Waals surface area (Å²) in [5, 5.41) is 19.8. The Bertz CT molecular complexity index is 1570. The average molecular weight is 719 g/mol. The fourth-order valence-corrected chi connectivity index (χ4v) is 5.02. The number of hydrogen-bond acceptors (Lipinski definition) is 9. The summed E-state index contributed by atoms with van der Waals surface area (Å²) in [5.74, 6) is 0.480. The van der Waals surface area contributed by atoms with E-state index in [2.05, 4.69) is 43.8 Å². The van der Waals surface area contributed by atoms with Crippen LogP contribution in [-0.4, -0.2) is 49.9 Å². The zero-order valence-corrected chi connectivity index (χ0v) is 26.4. The molecule has 0 aliphatic carbocycles. The molecule has 1 heterocycles. The maximum Gasteiger partial charge on any atom is 0.337 e. The monoisotopic (exact) mass is 718 g/mol. The maximum atomic E-state index is 13.4. The summed E-state index contributed by atoms with van der Waals surface area (Å²) >= 11 is 2.14. The summed E-state index contributed by atoms with van der Waals surface area (Å²) < 4.78 is 36.5. The van der Waals surface area contributed by atoms with Gasteiger partial charge in [0.2, 0.25) is 0 Å². The van der Waals surface area contributed by atoms with Gasteiger partial charge in [-0.15, -0.1) is 0 Å². The van der Waals surface area contributed by atoms with Crippen molar-refractivity contribution in [2.45, 2.75) is 32.7 Å². The molecule has 0 fully saturated rings. The van der Waals surface area contributed by atoms with Gasteiger partial charge in [-0.3, -0.25) is 5.43 Å². The van der Waals surface area contributed by atoms with E-state index in [4.69, 9.17) is 18.9 Å². The van der Waals surface area contributed by atoms with Crippen molar-refractivity contribution in [3.05, 3.63) is 98.0 Å². The van der Waals surface area contributed by atoms with E-state index in [9.17, 15) is 19.1 Å². The lowest BCUT2D eigenvalue weighted by Gasteiger charge is -2.28. The molecule has 232 valence electrons. The molecule has 2 atom stereocenters. The zero-order valence-electron chi connectivity index (χ0n) is 24.2. The summed E-state index contributed by atoms with van der Waals surface area (Å²) in [5.41, 5.74) is 5.34. The Hall–Kier alpha value is -4.37. The smallest absolute Gasteiger partial charge is 0.337 e. The number of amides is 2. The Kier molecular flexibility index (Phi) is 11.4. The molecule has 0 spiro atoms. The number of aliphatic hydroxyl groups excluding tert-OH is 1. The van der Waals surface area contributed by atoms with Crippen molar-refractivity contribution in [1.82, 2.24) is 16.1 Å². The van der Waals surface area contributed by atoms with Crippen molar-refractivity contribution in [3.63, 3.8) is 0 Å². The van der Waals surface area contributed by atoms with E-state index in [1.54, 1.807) is 55.6 Å². The number of ether oxygens (including phenoxy) is 4. The molecule has 0 bridgehead atoms. The average Bonchev–Trinajstić information content (AvgIpc) is 2.99. The third-order valence-electron chi connectivity index (χ3n) is 6.35. The number of halogens is 2. The predicted molar refractivity (Wildman–Crippen MR) is 169 cm³/mol. The van der Waals surface area contributed by atoms with Gasteiger partial charge in [0.25, 0.3) is 0 Å². The first-order valence-electron chi connectivity index (χ1n) is 13.6. The van der Waals surface area contributed by atoms with Crippen LogP contribution >= 0.6 is 22.6 Å². The van der Waals surface area contributed by atoms with Gasteiger partial charge in [-0.05, 0) is 95.6 Å². The van der Waals surface area contributed by atoms with Crippen LogP contribution < -0.4 is 30.3 Å². The van der Waals surface area contributed by atoms with Crippen LogP contribution in [0.3, 0.4) is 0 Å². The molecule has 44 heavy (non-hydrogen) atoms. The van der Waals surface area contributed by atoms with Crippen molar-refractivity contribution in [3.8, 4) is 17.2 Å². The van der Waals surface area contributed by atoms with Crippen molar-refractivity contribution < 1.29 is 38.0 Å². The first-order valence-corrected chi connectivity index (χ1v) is 14.7. The molecule has 2 amide bonds. The second-order valence-electron chi connectivity index (χ2n) is 9.52. The molecule has 0 saturated carbocycles. The number of hydrazone groups is 1. The Balaban J connectivity index is 1.34. The van der Waals surface area contributed by atoms with Crippen LogP contribution in [0.5, 0.6) is 17.2 Å². The fourth-order valence-electron chi connectivity index (χ4n) is 4.32. The van der Waals surface area contributed by atoms with Gasteiger partial charge >= 0.3 is 12.0 Å². The summed E-state index contributed by atoms with van der Waals surface area (Å²) in [6.45, 7) is 3.84. The van der Waals surface area contributed by atoms with Gasteiger partial charge in [-0.2, -0.15) is 5.10 Å². The van der Waals surface area contributed by atoms with E-state index in [-0.39, 0.29) is 24.6 Å². The zero-order chi connectivity index (χ0) is 31.6. The van der Waals surface area contributed by atoms with E-state index in [1.807, 2.05) is 13.0 Å². The second kappa shape index (κ2) is 15.4. The Labute approximate surface area is 267 Å². The number of nitrogens with zero attached hydrogens (tertiary/aromatic N) is 1. The van der Waals surface area contributed by atoms with Gasteiger partial charge < -0.3 is 34.7 Å². The number of methoxy groups -OCH3 is 1. The highest BCUT2D eigenvalue weighted by Gasteiger charge is 2.32. The third kappa shape index (κ3) is 8.60. The van der Waals surface area contributed by atoms with E-state index in [1.165, 1.54) is 19.2 Å². The lowest BCUT2D eigenvalue weighted by Crippen LogP contribution is -2.45. The second-order valence-corrected chi connectivity index (χ2v) is 10.7. The minimum atomic E-state index is -1.14. The molecule has 0 radical (unpaired) electrons. The van der Waals surface area contributed by atoms with Crippen LogP contribution in [-0.2, 0) is 16.1 Å². The number of rotatable bonds is 13. The summed E-state index contributed by atoms with van der Waals surface area (Å²) in [7, 11) is 1.27. The number of carbonyl (C=O) groups is 2. The van der Waals surface area contributed by atoms with E-state index >= 15 is 0 Å². The molecule has 0 aromatic heterocycles. The lowest BCUT2D eigenvalue weighted by molar-refractivity contribution is -0.136. The standard InChI is InChI=1S/C31H32FIN4O7/c1-4-42-26-14-21(29-28(30(39)41-3)18(2)35-31(40)36-29)9-11-25(26)44-17-27(38)37-34-15-19-8-10-24(23(33)13-19)43-16-20-6-5-7-22(32)12-20/h5-15,27,29,37-38H,4,16-17H2,1-3H3,(H2,35,36,40)/b34-15-/t27-,29+/m0/s1. The number of allylic oxidation sites excluding steroid dienone is 1. The molecule has 3 aromatic carbocycles. The number of benzene rings is 3. The van der Waals surface area contributed by atoms with Crippen LogP contribution in [0.25, 0.3) is 0 Å². The molecular formula is C31H32FIN4O7. The highest BCUT2D eigenvalue weighted by atomic mass is 127. The quantitative estimate of drug-likeness (QED) is 0.0665. The largest absolute Gasteiger partial charge is 0.490 e. The highest BCUT2D eigenvalue weighted by Crippen LogP contribution is 2.35. The molecular weight excluding hydrogens is 686 g/mol. The Morgan fingerprint density at radius 2 is 1.91 bits per heavy atom. The minimum Gasteiger partial charge on any atom is -0.490 e. The number of nitrogens with one attached hydrogen (secondary N) is 3. The van der Waals surface area contributed by atoms with Crippen LogP contribution in [0.15, 0.2) is 77.0 Å².